The van der Waals surface area contributed by atoms with Gasteiger partial charge in [0.2, 0.25) is 5.78 Å². The maximum absolute atomic E-state index is 13.4. The molecule has 0 aromatic carbocycles. The Hall–Kier alpha value is -0.500. The molecular weight excluding hydrogens is 336 g/mol. The summed E-state index contributed by atoms with van der Waals surface area (Å²) in [6.07, 6.45) is 8.09. The van der Waals surface area contributed by atoms with Crippen LogP contribution in [-0.4, -0.2) is 60.9 Å². The molecule has 130 valence electrons. The third-order valence-electron chi connectivity index (χ3n) is 4.87. The molecule has 4 atom stereocenters. The number of esters is 1. The molecule has 0 radical (unpaired) electrons. The van der Waals surface area contributed by atoms with Crippen molar-refractivity contribution in [1.82, 2.24) is 0 Å². The molecule has 0 N–H and O–H groups in total. The summed E-state index contributed by atoms with van der Waals surface area (Å²) in [5.41, 5.74) is -2.30. The molecule has 7 heteroatoms. The number of ether oxygens (including phenoxy) is 3. The highest BCUT2D eigenvalue weighted by Gasteiger charge is 2.68. The summed E-state index contributed by atoms with van der Waals surface area (Å²) in [6.45, 7) is 2.04. The van der Waals surface area contributed by atoms with Crippen molar-refractivity contribution in [3.8, 4) is 0 Å². The van der Waals surface area contributed by atoms with Crippen LogP contribution in [0.2, 0.25) is 0 Å². The number of thioether (sulfide) groups is 2. The Morgan fingerprint density at radius 1 is 1.35 bits per heavy atom. The fourth-order valence-corrected chi connectivity index (χ4v) is 6.02. The quantitative estimate of drug-likeness (QED) is 0.392. The number of hydrogen-bond donors (Lipinski definition) is 0. The molecule has 3 rings (SSSR count). The molecule has 0 saturated heterocycles. The minimum atomic E-state index is -1.30. The zero-order valence-corrected chi connectivity index (χ0v) is 15.8. The second-order valence-electron chi connectivity index (χ2n) is 5.63. The van der Waals surface area contributed by atoms with Crippen LogP contribution in [0.25, 0.3) is 0 Å². The van der Waals surface area contributed by atoms with Gasteiger partial charge in [0.15, 0.2) is 11.2 Å². The van der Waals surface area contributed by atoms with E-state index in [1.807, 2.05) is 18.6 Å². The Kier molecular flexibility index (Phi) is 5.87. The first kappa shape index (κ1) is 18.8. The minimum Gasteiger partial charge on any atom is -0.466 e. The Morgan fingerprint density at radius 3 is 2.48 bits per heavy atom. The maximum Gasteiger partial charge on any atom is 0.312 e. The van der Waals surface area contributed by atoms with Gasteiger partial charge in [-0.1, -0.05) is 6.08 Å². The van der Waals surface area contributed by atoms with E-state index in [1.165, 1.54) is 7.11 Å². The molecule has 0 spiro atoms. The van der Waals surface area contributed by atoms with Gasteiger partial charge in [-0.05, 0) is 31.9 Å². The van der Waals surface area contributed by atoms with Crippen molar-refractivity contribution < 1.29 is 23.8 Å². The van der Waals surface area contributed by atoms with Crippen LogP contribution in [0.1, 0.15) is 13.3 Å². The zero-order chi connectivity index (χ0) is 17.3. The van der Waals surface area contributed by atoms with Crippen molar-refractivity contribution in [3.05, 3.63) is 12.2 Å². The molecule has 0 amide bonds. The summed E-state index contributed by atoms with van der Waals surface area (Å²) in [4.78, 5) is 25.8. The Bertz CT molecular complexity index is 505. The lowest BCUT2D eigenvalue weighted by molar-refractivity contribution is -0.192. The van der Waals surface area contributed by atoms with Gasteiger partial charge in [0.1, 0.15) is 0 Å². The van der Waals surface area contributed by atoms with Gasteiger partial charge in [0, 0.05) is 20.1 Å². The zero-order valence-electron chi connectivity index (χ0n) is 14.2. The third kappa shape index (κ3) is 2.56. The molecule has 3 aliphatic rings. The highest BCUT2D eigenvalue weighted by Crippen LogP contribution is 2.54. The van der Waals surface area contributed by atoms with Gasteiger partial charge in [-0.2, -0.15) is 0 Å². The predicted molar refractivity (Wildman–Crippen MR) is 92.7 cm³/mol. The van der Waals surface area contributed by atoms with Gasteiger partial charge in [-0.3, -0.25) is 9.59 Å². The Labute approximate surface area is 145 Å². The average molecular weight is 360 g/mol. The second-order valence-corrected chi connectivity index (χ2v) is 7.82. The van der Waals surface area contributed by atoms with Crippen LogP contribution in [0.15, 0.2) is 12.2 Å². The normalized spacial score (nSPS) is 35.8. The summed E-state index contributed by atoms with van der Waals surface area (Å²) in [5, 5.41) is 0. The van der Waals surface area contributed by atoms with Crippen LogP contribution in [0.5, 0.6) is 0 Å². The molecule has 0 aliphatic heterocycles. The van der Waals surface area contributed by atoms with Crippen molar-refractivity contribution in [3.63, 3.8) is 0 Å². The van der Waals surface area contributed by atoms with E-state index in [0.29, 0.717) is 6.42 Å². The molecule has 23 heavy (non-hydrogen) atoms. The standard InChI is InChI=1S/C16H24O5S2/c1-6-21-12(17)11-9-10-7-8-15(11,19-2)13(18)16(10,20-3)14(22-4)23-5/h7-8,10-11,14H,6,9H2,1-5H3/t10-,11-,15-,16+/m1/s1. The van der Waals surface area contributed by atoms with Gasteiger partial charge in [0.05, 0.1) is 17.1 Å². The van der Waals surface area contributed by atoms with Gasteiger partial charge in [-0.15, -0.1) is 23.5 Å². The molecule has 0 unspecified atom stereocenters. The number of carbonyl (C=O) groups excluding carboxylic acids is 2. The van der Waals surface area contributed by atoms with Gasteiger partial charge >= 0.3 is 5.97 Å². The topological polar surface area (TPSA) is 61.8 Å². The van der Waals surface area contributed by atoms with Gasteiger partial charge in [0.25, 0.3) is 0 Å². The molecular formula is C16H24O5S2. The van der Waals surface area contributed by atoms with Gasteiger partial charge < -0.3 is 14.2 Å². The first-order valence-electron chi connectivity index (χ1n) is 7.55. The van der Waals surface area contributed by atoms with Crippen LogP contribution in [-0.2, 0) is 23.8 Å². The molecule has 1 saturated carbocycles. The lowest BCUT2D eigenvalue weighted by atomic mass is 9.58. The molecule has 2 bridgehead atoms. The van der Waals surface area contributed by atoms with Crippen molar-refractivity contribution in [1.29, 1.82) is 0 Å². The minimum absolute atomic E-state index is 0.0763. The monoisotopic (exact) mass is 360 g/mol. The van der Waals surface area contributed by atoms with E-state index in [1.54, 1.807) is 43.6 Å². The molecule has 0 aromatic rings. The lowest BCUT2D eigenvalue weighted by Crippen LogP contribution is -2.71. The lowest BCUT2D eigenvalue weighted by Gasteiger charge is -2.55. The van der Waals surface area contributed by atoms with Crippen LogP contribution >= 0.6 is 23.5 Å². The average Bonchev–Trinajstić information content (AvgIpc) is 2.58. The van der Waals surface area contributed by atoms with E-state index in [-0.39, 0.29) is 28.9 Å². The molecule has 5 nitrogen and oxygen atoms in total. The van der Waals surface area contributed by atoms with Crippen LogP contribution < -0.4 is 0 Å². The van der Waals surface area contributed by atoms with Crippen LogP contribution in [0.4, 0.5) is 0 Å². The van der Waals surface area contributed by atoms with E-state index in [9.17, 15) is 9.59 Å². The molecule has 0 aromatic heterocycles. The largest absolute Gasteiger partial charge is 0.466 e. The summed E-state index contributed by atoms with van der Waals surface area (Å²) >= 11 is 3.17. The Morgan fingerprint density at radius 2 is 2.00 bits per heavy atom. The second kappa shape index (κ2) is 7.17. The SMILES string of the molecule is CCOC(=O)[C@H]1C[C@H]2C=C[C@]1(OC)C(=O)[C@]2(OC)C(SC)SC. The van der Waals surface area contributed by atoms with Crippen LogP contribution in [0.3, 0.4) is 0 Å². The van der Waals surface area contributed by atoms with Crippen molar-refractivity contribution in [2.24, 2.45) is 11.8 Å². The fourth-order valence-electron chi connectivity index (χ4n) is 3.79. The summed E-state index contributed by atoms with van der Waals surface area (Å²) in [6, 6.07) is 0. The van der Waals surface area contributed by atoms with E-state index in [0.717, 1.165) is 0 Å². The Balaban J connectivity index is 2.52. The molecule has 0 heterocycles. The van der Waals surface area contributed by atoms with E-state index >= 15 is 0 Å². The van der Waals surface area contributed by atoms with Crippen molar-refractivity contribution in [2.45, 2.75) is 29.1 Å². The van der Waals surface area contributed by atoms with Crippen molar-refractivity contribution >= 4 is 35.3 Å². The summed E-state index contributed by atoms with van der Waals surface area (Å²) in [5.74, 6) is -1.36. The number of rotatable bonds is 7. The highest BCUT2D eigenvalue weighted by atomic mass is 32.2. The van der Waals surface area contributed by atoms with E-state index < -0.39 is 17.1 Å². The number of methoxy groups -OCH3 is 2. The highest BCUT2D eigenvalue weighted by molar-refractivity contribution is 8.16. The number of ketones is 1. The maximum atomic E-state index is 13.4. The van der Waals surface area contributed by atoms with Crippen molar-refractivity contribution in [2.75, 3.05) is 33.3 Å². The molecule has 1 fully saturated rings. The van der Waals surface area contributed by atoms with E-state index in [4.69, 9.17) is 14.2 Å². The smallest absolute Gasteiger partial charge is 0.312 e. The van der Waals surface area contributed by atoms with Crippen LogP contribution in [0, 0.1) is 11.8 Å². The first-order valence-corrected chi connectivity index (χ1v) is 10.1. The van der Waals surface area contributed by atoms with Gasteiger partial charge in [-0.25, -0.2) is 0 Å². The molecule has 3 aliphatic carbocycles. The third-order valence-corrected chi connectivity index (χ3v) is 7.58. The fraction of sp³-hybridized carbons (Fsp3) is 0.750. The number of fused-ring (bicyclic) bond motifs is 2. The predicted octanol–water partition coefficient (Wildman–Crippen LogP) is 2.15. The number of Topliss-reactive ketones (excluding diaryl/α,β-unsaturated/α-hetero) is 1. The number of hydrogen-bond acceptors (Lipinski definition) is 7. The first-order chi connectivity index (χ1) is 11.0. The summed E-state index contributed by atoms with van der Waals surface area (Å²) < 4.78 is 16.5. The number of carbonyl (C=O) groups is 2. The summed E-state index contributed by atoms with van der Waals surface area (Å²) in [7, 11) is 3.03. The van der Waals surface area contributed by atoms with E-state index in [2.05, 4.69) is 0 Å².